The van der Waals surface area contributed by atoms with E-state index in [1.807, 2.05) is 6.20 Å². The van der Waals surface area contributed by atoms with Gasteiger partial charge in [0.25, 0.3) is 0 Å². The molecule has 1 aliphatic carbocycles. The number of aromatic nitrogens is 3. The molecule has 0 atom stereocenters. The second-order valence-corrected chi connectivity index (χ2v) is 5.09. The van der Waals surface area contributed by atoms with Gasteiger partial charge in [-0.1, -0.05) is 44.2 Å². The van der Waals surface area contributed by atoms with Crippen LogP contribution in [0.3, 0.4) is 0 Å². The molecule has 1 aliphatic rings. The molecule has 1 fully saturated rings. The first-order chi connectivity index (χ1) is 7.87. The van der Waals surface area contributed by atoms with Gasteiger partial charge in [0.05, 0.1) is 11.7 Å². The lowest BCUT2D eigenvalue weighted by atomic mass is 9.73. The van der Waals surface area contributed by atoms with Crippen LogP contribution in [0.15, 0.2) is 12.4 Å². The zero-order valence-corrected chi connectivity index (χ0v) is 10.4. The Balaban J connectivity index is 1.77. The molecule has 1 aromatic heterocycles. The van der Waals surface area contributed by atoms with Crippen molar-refractivity contribution in [2.75, 3.05) is 0 Å². The van der Waals surface area contributed by atoms with Crippen molar-refractivity contribution in [3.63, 3.8) is 0 Å². The first kappa shape index (κ1) is 11.6. The van der Waals surface area contributed by atoms with Gasteiger partial charge in [0.1, 0.15) is 0 Å². The molecule has 1 heterocycles. The number of nitrogens with zero attached hydrogens (tertiary/aromatic N) is 3. The van der Waals surface area contributed by atoms with Gasteiger partial charge in [-0.3, -0.25) is 0 Å². The van der Waals surface area contributed by atoms with Crippen molar-refractivity contribution >= 4 is 0 Å². The normalized spacial score (nSPS) is 18.3. The predicted molar refractivity (Wildman–Crippen MR) is 65.2 cm³/mol. The summed E-state index contributed by atoms with van der Waals surface area (Å²) in [6.45, 7) is 2.27. The third-order valence-corrected chi connectivity index (χ3v) is 3.94. The maximum Gasteiger partial charge on any atom is 0.0693 e. The predicted octanol–water partition coefficient (Wildman–Crippen LogP) is 3.52. The van der Waals surface area contributed by atoms with Crippen LogP contribution in [0.25, 0.3) is 0 Å². The van der Waals surface area contributed by atoms with Gasteiger partial charge < -0.3 is 0 Å². The third-order valence-electron chi connectivity index (χ3n) is 3.94. The van der Waals surface area contributed by atoms with Gasteiger partial charge in [0, 0.05) is 6.20 Å². The Morgan fingerprint density at radius 2 is 2.00 bits per heavy atom. The summed E-state index contributed by atoms with van der Waals surface area (Å²) in [6, 6.07) is 0. The lowest BCUT2D eigenvalue weighted by Gasteiger charge is -2.41. The van der Waals surface area contributed by atoms with Gasteiger partial charge in [-0.05, 0) is 25.7 Å². The van der Waals surface area contributed by atoms with Gasteiger partial charge in [-0.2, -0.15) is 0 Å². The minimum atomic E-state index is 0.336. The van der Waals surface area contributed by atoms with E-state index in [0.29, 0.717) is 5.54 Å². The summed E-state index contributed by atoms with van der Waals surface area (Å²) in [7, 11) is 0. The molecule has 16 heavy (non-hydrogen) atoms. The number of unbranched alkanes of at least 4 members (excludes halogenated alkanes) is 4. The molecular formula is C13H23N3. The minimum absolute atomic E-state index is 0.336. The molecule has 90 valence electrons. The van der Waals surface area contributed by atoms with E-state index in [9.17, 15) is 0 Å². The van der Waals surface area contributed by atoms with Gasteiger partial charge in [-0.25, -0.2) is 4.68 Å². The summed E-state index contributed by atoms with van der Waals surface area (Å²) in [4.78, 5) is 0. The van der Waals surface area contributed by atoms with Crippen molar-refractivity contribution in [3.8, 4) is 0 Å². The van der Waals surface area contributed by atoms with Crippen molar-refractivity contribution in [2.45, 2.75) is 70.3 Å². The average molecular weight is 221 g/mol. The fourth-order valence-electron chi connectivity index (χ4n) is 2.70. The molecule has 1 saturated carbocycles. The van der Waals surface area contributed by atoms with Crippen LogP contribution in [0.4, 0.5) is 0 Å². The molecule has 0 saturated heterocycles. The molecule has 3 heteroatoms. The molecule has 0 N–H and O–H groups in total. The molecule has 0 aromatic carbocycles. The average Bonchev–Trinajstić information content (AvgIpc) is 2.74. The van der Waals surface area contributed by atoms with Crippen LogP contribution in [0.5, 0.6) is 0 Å². The molecule has 0 bridgehead atoms. The Hall–Kier alpha value is -0.860. The molecule has 0 amide bonds. The summed E-state index contributed by atoms with van der Waals surface area (Å²) in [5.41, 5.74) is 0.336. The van der Waals surface area contributed by atoms with Crippen molar-refractivity contribution in [1.29, 1.82) is 0 Å². The van der Waals surface area contributed by atoms with E-state index in [1.165, 1.54) is 57.8 Å². The highest BCUT2D eigenvalue weighted by Crippen LogP contribution is 2.42. The van der Waals surface area contributed by atoms with E-state index in [1.54, 1.807) is 6.20 Å². The molecule has 0 aliphatic heterocycles. The smallest absolute Gasteiger partial charge is 0.0693 e. The standard InChI is InChI=1S/C13H23N3/c1-2-3-4-5-6-8-13(9-7-10-13)16-12-11-14-15-16/h11-12H,2-10H2,1H3. The fraction of sp³-hybridized carbons (Fsp3) is 0.846. The Bertz CT molecular complexity index is 288. The van der Waals surface area contributed by atoms with Crippen LogP contribution in [-0.4, -0.2) is 15.0 Å². The summed E-state index contributed by atoms with van der Waals surface area (Å²) in [5.74, 6) is 0. The van der Waals surface area contributed by atoms with E-state index in [0.717, 1.165) is 0 Å². The molecule has 0 unspecified atom stereocenters. The van der Waals surface area contributed by atoms with Crippen LogP contribution in [0.2, 0.25) is 0 Å². The quantitative estimate of drug-likeness (QED) is 0.660. The molecule has 0 spiro atoms. The second kappa shape index (κ2) is 5.46. The first-order valence-corrected chi connectivity index (χ1v) is 6.74. The largest absolute Gasteiger partial charge is 0.246 e. The Labute approximate surface area is 98.2 Å². The van der Waals surface area contributed by atoms with E-state index in [2.05, 4.69) is 21.9 Å². The van der Waals surface area contributed by atoms with E-state index >= 15 is 0 Å². The summed E-state index contributed by atoms with van der Waals surface area (Å²) in [6.07, 6.45) is 15.9. The molecule has 2 rings (SSSR count). The zero-order valence-electron chi connectivity index (χ0n) is 10.4. The van der Waals surface area contributed by atoms with E-state index in [4.69, 9.17) is 0 Å². The number of hydrogen-bond acceptors (Lipinski definition) is 2. The van der Waals surface area contributed by atoms with Crippen LogP contribution in [-0.2, 0) is 5.54 Å². The number of hydrogen-bond donors (Lipinski definition) is 0. The van der Waals surface area contributed by atoms with Crippen molar-refractivity contribution in [3.05, 3.63) is 12.4 Å². The van der Waals surface area contributed by atoms with Crippen LogP contribution < -0.4 is 0 Å². The first-order valence-electron chi connectivity index (χ1n) is 6.74. The van der Waals surface area contributed by atoms with Crippen LogP contribution in [0.1, 0.15) is 64.7 Å². The van der Waals surface area contributed by atoms with Crippen LogP contribution >= 0.6 is 0 Å². The van der Waals surface area contributed by atoms with Gasteiger partial charge in [-0.15, -0.1) is 5.10 Å². The highest BCUT2D eigenvalue weighted by Gasteiger charge is 2.38. The molecular weight excluding hydrogens is 198 g/mol. The second-order valence-electron chi connectivity index (χ2n) is 5.09. The summed E-state index contributed by atoms with van der Waals surface area (Å²) >= 11 is 0. The highest BCUT2D eigenvalue weighted by molar-refractivity contribution is 4.93. The third kappa shape index (κ3) is 2.45. The summed E-state index contributed by atoms with van der Waals surface area (Å²) in [5, 5.41) is 8.13. The lowest BCUT2D eigenvalue weighted by molar-refractivity contribution is 0.105. The van der Waals surface area contributed by atoms with Gasteiger partial charge >= 0.3 is 0 Å². The van der Waals surface area contributed by atoms with Crippen molar-refractivity contribution in [2.24, 2.45) is 0 Å². The van der Waals surface area contributed by atoms with E-state index in [-0.39, 0.29) is 0 Å². The van der Waals surface area contributed by atoms with E-state index < -0.39 is 0 Å². The SMILES string of the molecule is CCCCCCCC1(n2ccnn2)CCC1. The van der Waals surface area contributed by atoms with Crippen molar-refractivity contribution in [1.82, 2.24) is 15.0 Å². The Morgan fingerprint density at radius 3 is 2.56 bits per heavy atom. The monoisotopic (exact) mass is 221 g/mol. The zero-order chi connectivity index (χ0) is 11.3. The maximum atomic E-state index is 4.19. The summed E-state index contributed by atoms with van der Waals surface area (Å²) < 4.78 is 2.11. The molecule has 0 radical (unpaired) electrons. The van der Waals surface area contributed by atoms with Crippen LogP contribution in [0, 0.1) is 0 Å². The Morgan fingerprint density at radius 1 is 1.19 bits per heavy atom. The van der Waals surface area contributed by atoms with Gasteiger partial charge in [0.2, 0.25) is 0 Å². The maximum absolute atomic E-state index is 4.19. The van der Waals surface area contributed by atoms with Crippen molar-refractivity contribution < 1.29 is 0 Å². The fourth-order valence-corrected chi connectivity index (χ4v) is 2.70. The lowest BCUT2D eigenvalue weighted by Crippen LogP contribution is -2.41. The number of rotatable bonds is 7. The molecule has 3 nitrogen and oxygen atoms in total. The minimum Gasteiger partial charge on any atom is -0.246 e. The Kier molecular flexibility index (Phi) is 3.97. The molecule has 1 aromatic rings. The topological polar surface area (TPSA) is 30.7 Å². The highest BCUT2D eigenvalue weighted by atomic mass is 15.4. The van der Waals surface area contributed by atoms with Gasteiger partial charge in [0.15, 0.2) is 0 Å².